The van der Waals surface area contributed by atoms with Crippen molar-refractivity contribution in [3.05, 3.63) is 0 Å². The smallest absolute Gasteiger partial charge is 0.285 e. The summed E-state index contributed by atoms with van der Waals surface area (Å²) >= 11 is 0. The van der Waals surface area contributed by atoms with Crippen LogP contribution in [0, 0.1) is 5.92 Å². The van der Waals surface area contributed by atoms with E-state index in [0.29, 0.717) is 19.1 Å². The third-order valence-electron chi connectivity index (χ3n) is 4.34. The molecule has 0 aromatic rings. The Morgan fingerprint density at radius 1 is 0.652 bits per heavy atom. The van der Waals surface area contributed by atoms with Gasteiger partial charge in [-0.3, -0.25) is 0 Å². The quantitative estimate of drug-likeness (QED) is 0.231. The molecule has 3 nitrogen and oxygen atoms in total. The van der Waals surface area contributed by atoms with Crippen LogP contribution < -0.4 is 0 Å². The van der Waals surface area contributed by atoms with Gasteiger partial charge in [-0.2, -0.15) is 0 Å². The first-order valence-electron chi connectivity index (χ1n) is 10.0. The summed E-state index contributed by atoms with van der Waals surface area (Å²) < 4.78 is 18.0. The van der Waals surface area contributed by atoms with E-state index < -0.39 is 5.97 Å². The summed E-state index contributed by atoms with van der Waals surface area (Å²) in [6.45, 7) is 10.1. The highest BCUT2D eigenvalue weighted by atomic mass is 16.9. The molecule has 0 aliphatic rings. The fraction of sp³-hybridized carbons (Fsp3) is 1.00. The van der Waals surface area contributed by atoms with Crippen LogP contribution >= 0.6 is 0 Å². The minimum Gasteiger partial charge on any atom is -0.331 e. The van der Waals surface area contributed by atoms with Crippen LogP contribution in [0.25, 0.3) is 0 Å². The highest BCUT2D eigenvalue weighted by Gasteiger charge is 2.40. The number of unbranched alkanes of at least 4 members (excludes halogenated alkanes) is 5. The molecular weight excluding hydrogens is 288 g/mol. The van der Waals surface area contributed by atoms with E-state index in [-0.39, 0.29) is 0 Å². The molecule has 0 rings (SSSR count). The summed E-state index contributed by atoms with van der Waals surface area (Å²) in [7, 11) is 1.73. The zero-order valence-electron chi connectivity index (χ0n) is 16.5. The van der Waals surface area contributed by atoms with Crippen molar-refractivity contribution in [1.29, 1.82) is 0 Å². The monoisotopic (exact) mass is 330 g/mol. The molecule has 0 saturated carbocycles. The average Bonchev–Trinajstić information content (AvgIpc) is 2.58. The Balaban J connectivity index is 4.62. The summed E-state index contributed by atoms with van der Waals surface area (Å²) in [6.07, 6.45) is 13.2. The van der Waals surface area contributed by atoms with Crippen molar-refractivity contribution >= 4 is 0 Å². The van der Waals surface area contributed by atoms with E-state index in [1.165, 1.54) is 38.5 Å². The molecule has 0 bridgehead atoms. The Hall–Kier alpha value is -0.120. The number of ether oxygens (including phenoxy) is 3. The first-order valence-corrected chi connectivity index (χ1v) is 10.0. The van der Waals surface area contributed by atoms with Crippen molar-refractivity contribution in [2.45, 2.75) is 104 Å². The van der Waals surface area contributed by atoms with Gasteiger partial charge in [0.1, 0.15) is 0 Å². The first-order chi connectivity index (χ1) is 11.2. The Kier molecular flexibility index (Phi) is 15.3. The van der Waals surface area contributed by atoms with Gasteiger partial charge < -0.3 is 14.2 Å². The molecule has 0 aromatic heterocycles. The van der Waals surface area contributed by atoms with Crippen LogP contribution in [0.3, 0.4) is 0 Å². The summed E-state index contributed by atoms with van der Waals surface area (Å²) in [5, 5.41) is 0. The van der Waals surface area contributed by atoms with Crippen LogP contribution in [0.4, 0.5) is 0 Å². The summed E-state index contributed by atoms with van der Waals surface area (Å²) in [6, 6.07) is 0. The normalized spacial score (nSPS) is 13.4. The number of hydrogen-bond donors (Lipinski definition) is 0. The molecule has 1 unspecified atom stereocenters. The maximum atomic E-state index is 6.10. The van der Waals surface area contributed by atoms with Crippen LogP contribution in [-0.4, -0.2) is 26.3 Å². The molecule has 0 saturated heterocycles. The lowest BCUT2D eigenvalue weighted by molar-refractivity contribution is -0.398. The van der Waals surface area contributed by atoms with Gasteiger partial charge in [0.2, 0.25) is 0 Å². The molecule has 0 amide bonds. The van der Waals surface area contributed by atoms with E-state index in [2.05, 4.69) is 27.7 Å². The molecule has 0 aliphatic carbocycles. The average molecular weight is 331 g/mol. The molecule has 1 atom stereocenters. The minimum absolute atomic E-state index is 0.321. The molecule has 0 aromatic carbocycles. The van der Waals surface area contributed by atoms with E-state index in [0.717, 1.165) is 32.1 Å². The fourth-order valence-electron chi connectivity index (χ4n) is 3.07. The molecule has 0 heterocycles. The fourth-order valence-corrected chi connectivity index (χ4v) is 3.07. The Morgan fingerprint density at radius 3 is 1.70 bits per heavy atom. The molecule has 0 aliphatic heterocycles. The van der Waals surface area contributed by atoms with Crippen LogP contribution in [0.1, 0.15) is 98.3 Å². The van der Waals surface area contributed by atoms with Crippen molar-refractivity contribution in [3.63, 3.8) is 0 Å². The minimum atomic E-state index is -0.842. The van der Waals surface area contributed by atoms with Gasteiger partial charge in [-0.15, -0.1) is 0 Å². The van der Waals surface area contributed by atoms with Crippen LogP contribution in [-0.2, 0) is 14.2 Å². The van der Waals surface area contributed by atoms with Crippen molar-refractivity contribution in [3.8, 4) is 0 Å². The van der Waals surface area contributed by atoms with Crippen LogP contribution in [0.15, 0.2) is 0 Å². The maximum Gasteiger partial charge on any atom is 0.285 e. The van der Waals surface area contributed by atoms with Crippen LogP contribution in [0.5, 0.6) is 0 Å². The Labute approximate surface area is 145 Å². The summed E-state index contributed by atoms with van der Waals surface area (Å²) in [5.41, 5.74) is 0. The molecule has 0 spiro atoms. The molecule has 3 heteroatoms. The second kappa shape index (κ2) is 15.4. The lowest BCUT2D eigenvalue weighted by Crippen LogP contribution is -2.46. The Morgan fingerprint density at radius 2 is 1.22 bits per heavy atom. The summed E-state index contributed by atoms with van der Waals surface area (Å²) in [4.78, 5) is 0. The molecular formula is C20H42O3. The maximum absolute atomic E-state index is 6.10. The van der Waals surface area contributed by atoms with Crippen molar-refractivity contribution in [1.82, 2.24) is 0 Å². The second-order valence-corrected chi connectivity index (χ2v) is 6.55. The molecule has 140 valence electrons. The third kappa shape index (κ3) is 9.69. The second-order valence-electron chi connectivity index (χ2n) is 6.55. The summed E-state index contributed by atoms with van der Waals surface area (Å²) in [5.74, 6) is -0.521. The van der Waals surface area contributed by atoms with Crippen molar-refractivity contribution in [2.75, 3.05) is 20.3 Å². The highest BCUT2D eigenvalue weighted by Crippen LogP contribution is 2.33. The number of rotatable bonds is 17. The zero-order valence-corrected chi connectivity index (χ0v) is 16.5. The Bertz CT molecular complexity index is 235. The predicted molar refractivity (Wildman–Crippen MR) is 98.6 cm³/mol. The lowest BCUT2D eigenvalue weighted by atomic mass is 9.93. The van der Waals surface area contributed by atoms with Crippen LogP contribution in [0.2, 0.25) is 0 Å². The van der Waals surface area contributed by atoms with E-state index >= 15 is 0 Å². The molecule has 0 radical (unpaired) electrons. The number of hydrogen-bond acceptors (Lipinski definition) is 3. The van der Waals surface area contributed by atoms with Gasteiger partial charge in [-0.05, 0) is 25.7 Å². The van der Waals surface area contributed by atoms with E-state index in [1.807, 2.05) is 0 Å². The van der Waals surface area contributed by atoms with Gasteiger partial charge in [-0.25, -0.2) is 0 Å². The molecule has 0 N–H and O–H groups in total. The number of methoxy groups -OCH3 is 1. The van der Waals surface area contributed by atoms with Gasteiger partial charge in [0, 0.05) is 13.0 Å². The molecule has 23 heavy (non-hydrogen) atoms. The predicted octanol–water partition coefficient (Wildman–Crippen LogP) is 6.31. The topological polar surface area (TPSA) is 27.7 Å². The van der Waals surface area contributed by atoms with Gasteiger partial charge in [0.15, 0.2) is 0 Å². The van der Waals surface area contributed by atoms with Gasteiger partial charge in [-0.1, -0.05) is 72.6 Å². The third-order valence-corrected chi connectivity index (χ3v) is 4.34. The van der Waals surface area contributed by atoms with E-state index in [9.17, 15) is 0 Å². The van der Waals surface area contributed by atoms with E-state index in [4.69, 9.17) is 14.2 Å². The van der Waals surface area contributed by atoms with Gasteiger partial charge in [0.25, 0.3) is 5.97 Å². The standard InChI is InChI=1S/C20H42O3/c1-6-10-11-12-13-14-16-19(15-7-2)20(21-5,22-17-8-3)23-18-9-4/h19H,6-18H2,1-5H3. The molecule has 0 fully saturated rings. The largest absolute Gasteiger partial charge is 0.331 e. The van der Waals surface area contributed by atoms with Gasteiger partial charge >= 0.3 is 0 Å². The highest BCUT2D eigenvalue weighted by molar-refractivity contribution is 4.72. The SMILES string of the molecule is CCCCCCCCC(CCC)C(OC)(OCCC)OCCC. The van der Waals surface area contributed by atoms with Crippen molar-refractivity contribution in [2.24, 2.45) is 5.92 Å². The van der Waals surface area contributed by atoms with Gasteiger partial charge in [0.05, 0.1) is 13.2 Å². The lowest BCUT2D eigenvalue weighted by Gasteiger charge is -2.38. The zero-order chi connectivity index (χ0) is 17.4. The van der Waals surface area contributed by atoms with Crippen molar-refractivity contribution < 1.29 is 14.2 Å². The first kappa shape index (κ1) is 22.9. The van der Waals surface area contributed by atoms with E-state index in [1.54, 1.807) is 7.11 Å².